The van der Waals surface area contributed by atoms with Crippen LogP contribution in [-0.4, -0.2) is 19.3 Å². The van der Waals surface area contributed by atoms with E-state index in [1.54, 1.807) is 0 Å². The van der Waals surface area contributed by atoms with Crippen LogP contribution in [0.15, 0.2) is 59.4 Å². The number of hydrogen-bond donors (Lipinski definition) is 3. The summed E-state index contributed by atoms with van der Waals surface area (Å²) in [5.74, 6) is -2.59. The molecular formula is C21H15F2N3O4S. The van der Waals surface area contributed by atoms with Crippen molar-refractivity contribution >= 4 is 43.4 Å². The third kappa shape index (κ3) is 4.16. The number of aromatic amines is 1. The van der Waals surface area contributed by atoms with Crippen molar-refractivity contribution in [2.45, 2.75) is 5.75 Å². The number of halogens is 2. The summed E-state index contributed by atoms with van der Waals surface area (Å²) in [5.41, 5.74) is -0.173. The number of aromatic nitrogens is 1. The number of primary sulfonamides is 1. The van der Waals surface area contributed by atoms with Crippen LogP contribution >= 0.6 is 0 Å². The predicted molar refractivity (Wildman–Crippen MR) is 113 cm³/mol. The van der Waals surface area contributed by atoms with Gasteiger partial charge in [-0.25, -0.2) is 22.3 Å². The lowest BCUT2D eigenvalue weighted by Gasteiger charge is -2.11. The first-order chi connectivity index (χ1) is 14.6. The van der Waals surface area contributed by atoms with Crippen LogP contribution in [0.2, 0.25) is 0 Å². The molecule has 4 N–H and O–H groups in total. The van der Waals surface area contributed by atoms with E-state index in [-0.39, 0.29) is 33.1 Å². The minimum absolute atomic E-state index is 0.00709. The second-order valence-corrected chi connectivity index (χ2v) is 8.57. The molecule has 0 fully saturated rings. The van der Waals surface area contributed by atoms with Crippen molar-refractivity contribution in [2.75, 3.05) is 5.32 Å². The van der Waals surface area contributed by atoms with Crippen LogP contribution in [0.4, 0.5) is 14.5 Å². The highest BCUT2D eigenvalue weighted by Gasteiger charge is 2.18. The Labute approximate surface area is 174 Å². The predicted octanol–water partition coefficient (Wildman–Crippen LogP) is 3.00. The van der Waals surface area contributed by atoms with Crippen molar-refractivity contribution in [3.63, 3.8) is 0 Å². The van der Waals surface area contributed by atoms with E-state index in [0.29, 0.717) is 11.3 Å². The van der Waals surface area contributed by atoms with E-state index < -0.39 is 33.0 Å². The fourth-order valence-corrected chi connectivity index (χ4v) is 3.98. The molecule has 158 valence electrons. The summed E-state index contributed by atoms with van der Waals surface area (Å²) in [5, 5.41) is 7.50. The fraction of sp³-hybridized carbons (Fsp3) is 0.0476. The Morgan fingerprint density at radius 2 is 1.71 bits per heavy atom. The number of amides is 1. The Hall–Kier alpha value is -3.63. The number of para-hydroxylation sites is 1. The van der Waals surface area contributed by atoms with Crippen LogP contribution in [-0.2, 0) is 15.8 Å². The maximum Gasteiger partial charge on any atom is 0.257 e. The zero-order chi connectivity index (χ0) is 22.3. The van der Waals surface area contributed by atoms with E-state index >= 15 is 0 Å². The molecule has 31 heavy (non-hydrogen) atoms. The van der Waals surface area contributed by atoms with Crippen LogP contribution in [0.5, 0.6) is 0 Å². The molecule has 1 aromatic heterocycles. The molecule has 1 heterocycles. The maximum absolute atomic E-state index is 14.2. The number of sulfonamides is 1. The third-order valence-electron chi connectivity index (χ3n) is 4.68. The molecule has 0 bridgehead atoms. The number of nitrogens with two attached hydrogens (primary N) is 1. The smallest absolute Gasteiger partial charge is 0.257 e. The number of carbonyl (C=O) groups is 1. The van der Waals surface area contributed by atoms with Gasteiger partial charge in [-0.15, -0.1) is 0 Å². The first-order valence-corrected chi connectivity index (χ1v) is 10.7. The van der Waals surface area contributed by atoms with Gasteiger partial charge in [0.2, 0.25) is 10.0 Å². The highest BCUT2D eigenvalue weighted by Crippen LogP contribution is 2.23. The molecule has 0 radical (unpaired) electrons. The molecule has 0 aliphatic carbocycles. The molecule has 4 rings (SSSR count). The van der Waals surface area contributed by atoms with E-state index in [4.69, 9.17) is 5.14 Å². The van der Waals surface area contributed by atoms with Crippen molar-refractivity contribution in [3.8, 4) is 0 Å². The van der Waals surface area contributed by atoms with Crippen molar-refractivity contribution in [3.05, 3.63) is 87.6 Å². The van der Waals surface area contributed by atoms with E-state index in [9.17, 15) is 26.8 Å². The van der Waals surface area contributed by atoms with Crippen LogP contribution in [0.1, 0.15) is 15.9 Å². The van der Waals surface area contributed by atoms with E-state index in [0.717, 1.165) is 18.2 Å². The highest BCUT2D eigenvalue weighted by molar-refractivity contribution is 7.88. The number of benzene rings is 3. The van der Waals surface area contributed by atoms with Gasteiger partial charge in [0.25, 0.3) is 5.91 Å². The minimum Gasteiger partial charge on any atom is -0.351 e. The number of anilines is 1. The quantitative estimate of drug-likeness (QED) is 0.420. The summed E-state index contributed by atoms with van der Waals surface area (Å²) < 4.78 is 50.7. The Morgan fingerprint density at radius 3 is 2.39 bits per heavy atom. The zero-order valence-corrected chi connectivity index (χ0v) is 16.6. The van der Waals surface area contributed by atoms with Crippen molar-refractivity contribution < 1.29 is 22.0 Å². The molecule has 4 aromatic rings. The van der Waals surface area contributed by atoms with Crippen molar-refractivity contribution in [1.82, 2.24) is 4.98 Å². The lowest BCUT2D eigenvalue weighted by atomic mass is 10.0. The summed E-state index contributed by atoms with van der Waals surface area (Å²) in [6.45, 7) is 0. The number of nitrogens with one attached hydrogen (secondary N) is 2. The third-order valence-corrected chi connectivity index (χ3v) is 5.42. The number of pyridine rings is 1. The van der Waals surface area contributed by atoms with Gasteiger partial charge in [0, 0.05) is 16.5 Å². The second kappa shape index (κ2) is 7.56. The molecule has 0 saturated heterocycles. The zero-order valence-electron chi connectivity index (χ0n) is 15.8. The topological polar surface area (TPSA) is 122 Å². The molecule has 10 heteroatoms. The molecule has 0 aliphatic heterocycles. The highest BCUT2D eigenvalue weighted by atomic mass is 32.2. The average molecular weight is 443 g/mol. The number of carbonyl (C=O) groups excluding carboxylic acids is 1. The Kier molecular flexibility index (Phi) is 5.03. The molecule has 3 aromatic carbocycles. The molecular weight excluding hydrogens is 428 g/mol. The van der Waals surface area contributed by atoms with Gasteiger partial charge in [-0.05, 0) is 42.0 Å². The van der Waals surface area contributed by atoms with Crippen LogP contribution in [0, 0.1) is 11.6 Å². The SMILES string of the molecule is NS(=O)(=O)Cc1ccc(NC(=O)c2cc(F)cc3c(=O)c4cccc(F)c4[nH]c23)cc1. The number of hydrogen-bond acceptors (Lipinski definition) is 4. The normalized spacial score (nSPS) is 11.7. The average Bonchev–Trinajstić information content (AvgIpc) is 2.69. The second-order valence-electron chi connectivity index (χ2n) is 6.95. The van der Waals surface area contributed by atoms with Gasteiger partial charge in [-0.1, -0.05) is 18.2 Å². The van der Waals surface area contributed by atoms with Gasteiger partial charge in [-0.2, -0.15) is 0 Å². The molecule has 0 unspecified atom stereocenters. The Bertz CT molecular complexity index is 1510. The summed E-state index contributed by atoms with van der Waals surface area (Å²) in [4.78, 5) is 28.3. The van der Waals surface area contributed by atoms with Crippen molar-refractivity contribution in [2.24, 2.45) is 5.14 Å². The van der Waals surface area contributed by atoms with Gasteiger partial charge in [0.15, 0.2) is 5.43 Å². The van der Waals surface area contributed by atoms with Gasteiger partial charge < -0.3 is 10.3 Å². The van der Waals surface area contributed by atoms with E-state index in [1.807, 2.05) is 0 Å². The summed E-state index contributed by atoms with van der Waals surface area (Å²) >= 11 is 0. The van der Waals surface area contributed by atoms with Gasteiger partial charge in [0.1, 0.15) is 11.6 Å². The molecule has 0 spiro atoms. The fourth-order valence-electron chi connectivity index (χ4n) is 3.33. The van der Waals surface area contributed by atoms with E-state index in [2.05, 4.69) is 10.3 Å². The first-order valence-electron chi connectivity index (χ1n) is 8.97. The van der Waals surface area contributed by atoms with Gasteiger partial charge >= 0.3 is 0 Å². The number of H-pyrrole nitrogens is 1. The molecule has 0 saturated carbocycles. The minimum atomic E-state index is -3.70. The molecule has 0 atom stereocenters. The lowest BCUT2D eigenvalue weighted by molar-refractivity contribution is 0.102. The maximum atomic E-state index is 14.2. The molecule has 0 aliphatic rings. The number of rotatable bonds is 4. The van der Waals surface area contributed by atoms with Gasteiger partial charge in [-0.3, -0.25) is 9.59 Å². The standard InChI is InChI=1S/C21H15F2N3O4S/c22-12-8-15-18(26-19-14(20(15)27)2-1-3-17(19)23)16(9-12)21(28)25-13-6-4-11(5-7-13)10-31(24,29)30/h1-9H,10H2,(H,25,28)(H,26,27)(H2,24,29,30). The largest absolute Gasteiger partial charge is 0.351 e. The van der Waals surface area contributed by atoms with Gasteiger partial charge in [0.05, 0.1) is 22.3 Å². The Morgan fingerprint density at radius 1 is 1.00 bits per heavy atom. The Balaban J connectivity index is 1.77. The molecule has 7 nitrogen and oxygen atoms in total. The summed E-state index contributed by atoms with van der Waals surface area (Å²) in [7, 11) is -3.70. The lowest BCUT2D eigenvalue weighted by Crippen LogP contribution is -2.16. The summed E-state index contributed by atoms with van der Waals surface area (Å²) in [6.07, 6.45) is 0. The first kappa shape index (κ1) is 20.6. The molecule has 1 amide bonds. The van der Waals surface area contributed by atoms with E-state index in [1.165, 1.54) is 36.4 Å². The van der Waals surface area contributed by atoms with Crippen LogP contribution in [0.25, 0.3) is 21.8 Å². The van der Waals surface area contributed by atoms with Crippen LogP contribution < -0.4 is 15.9 Å². The summed E-state index contributed by atoms with van der Waals surface area (Å²) in [6, 6.07) is 11.7. The monoisotopic (exact) mass is 443 g/mol. The van der Waals surface area contributed by atoms with Crippen molar-refractivity contribution in [1.29, 1.82) is 0 Å². The number of fused-ring (bicyclic) bond motifs is 2. The van der Waals surface area contributed by atoms with Crippen LogP contribution in [0.3, 0.4) is 0 Å².